The second-order valence-corrected chi connectivity index (χ2v) is 15.1. The van der Waals surface area contributed by atoms with E-state index in [2.05, 4.69) is 5.32 Å². The van der Waals surface area contributed by atoms with Gasteiger partial charge in [0.25, 0.3) is 5.91 Å². The van der Waals surface area contributed by atoms with Crippen LogP contribution in [-0.4, -0.2) is 67.3 Å². The van der Waals surface area contributed by atoms with Crippen LogP contribution < -0.4 is 10.1 Å². The van der Waals surface area contributed by atoms with Gasteiger partial charge in [0.15, 0.2) is 0 Å². The van der Waals surface area contributed by atoms with Crippen molar-refractivity contribution >= 4 is 25.9 Å². The Morgan fingerprint density at radius 1 is 1.23 bits per heavy atom. The smallest absolute Gasteiger partial charge is 0.252 e. The minimum absolute atomic E-state index is 0.0301. The summed E-state index contributed by atoms with van der Waals surface area (Å²) in [5.41, 5.74) is 2.70. The van der Waals surface area contributed by atoms with Gasteiger partial charge in [-0.25, -0.2) is 0 Å². The van der Waals surface area contributed by atoms with Gasteiger partial charge in [-0.15, -0.1) is 0 Å². The van der Waals surface area contributed by atoms with Crippen LogP contribution in [0.25, 0.3) is 0 Å². The predicted octanol–water partition coefficient (Wildman–Crippen LogP) is 3.97. The number of methoxy groups -OCH3 is 1. The molecule has 10 heteroatoms. The number of aliphatic hydroxyl groups excluding tert-OH is 2. The van der Waals surface area contributed by atoms with Gasteiger partial charge in [-0.2, -0.15) is 0 Å². The molecule has 2 aromatic rings. The first-order chi connectivity index (χ1) is 18.4. The number of benzene rings is 2. The van der Waals surface area contributed by atoms with Gasteiger partial charge < -0.3 is 34.0 Å². The molecule has 3 N–H and O–H groups in total. The first-order valence-electron chi connectivity index (χ1n) is 13.4. The van der Waals surface area contributed by atoms with Crippen LogP contribution >= 0.6 is 0 Å². The van der Waals surface area contributed by atoms with Crippen molar-refractivity contribution in [3.8, 4) is 5.75 Å². The summed E-state index contributed by atoms with van der Waals surface area (Å²) in [7, 11) is -1.86. The average molecular weight is 559 g/mol. The molecule has 0 aromatic heterocycles. The Bertz CT molecular complexity index is 1200. The van der Waals surface area contributed by atoms with E-state index in [0.717, 1.165) is 11.1 Å². The van der Waals surface area contributed by atoms with Gasteiger partial charge in [-0.05, 0) is 55.8 Å². The Labute approximate surface area is 230 Å². The zero-order valence-corrected chi connectivity index (χ0v) is 24.2. The summed E-state index contributed by atoms with van der Waals surface area (Å²) in [4.78, 5) is 27.4. The molecule has 39 heavy (non-hydrogen) atoms. The molecule has 0 spiro atoms. The largest absolute Gasteiger partial charge is 0.490 e. The lowest BCUT2D eigenvalue weighted by molar-refractivity contribution is -0.136. The number of carbonyl (C=O) groups excluding carboxylic acids is 2. The predicted molar refractivity (Wildman–Crippen MR) is 149 cm³/mol. The van der Waals surface area contributed by atoms with Crippen LogP contribution in [0.4, 0.5) is 9.80 Å². The van der Waals surface area contributed by atoms with Gasteiger partial charge in [0.1, 0.15) is 18.0 Å². The van der Waals surface area contributed by atoms with Crippen molar-refractivity contribution in [1.29, 1.82) is 0 Å². The number of rotatable bonds is 8. The number of anilines is 1. The third-order valence-corrected chi connectivity index (χ3v) is 10.3. The number of nitrogens with zero attached hydrogens (tertiary/aromatic N) is 1. The van der Waals surface area contributed by atoms with Gasteiger partial charge in [-0.3, -0.25) is 9.59 Å². The second kappa shape index (κ2) is 11.8. The molecule has 0 bridgehead atoms. The van der Waals surface area contributed by atoms with E-state index in [1.807, 2.05) is 31.2 Å². The Morgan fingerprint density at radius 3 is 2.54 bits per heavy atom. The van der Waals surface area contributed by atoms with Gasteiger partial charge in [0.05, 0.1) is 18.8 Å². The van der Waals surface area contributed by atoms with E-state index in [-0.39, 0.29) is 30.9 Å². The molecule has 4 rings (SSSR count). The van der Waals surface area contributed by atoms with E-state index in [9.17, 15) is 19.8 Å². The summed E-state index contributed by atoms with van der Waals surface area (Å²) in [6.07, 6.45) is -1.70. The maximum atomic E-state index is 16.0. The van der Waals surface area contributed by atoms with Crippen molar-refractivity contribution in [2.45, 2.75) is 76.2 Å². The van der Waals surface area contributed by atoms with Crippen molar-refractivity contribution in [3.05, 3.63) is 59.2 Å². The summed E-state index contributed by atoms with van der Waals surface area (Å²) in [5, 5.41) is 22.3. The van der Waals surface area contributed by atoms with Crippen molar-refractivity contribution in [2.75, 3.05) is 19.0 Å². The van der Waals surface area contributed by atoms with Crippen molar-refractivity contribution in [2.24, 2.45) is 5.92 Å². The molecule has 1 unspecified atom stereocenters. The Morgan fingerprint density at radius 2 is 1.92 bits per heavy atom. The molecular formula is C29H39FN2O6Si. The van der Waals surface area contributed by atoms with Gasteiger partial charge >= 0.3 is 0 Å². The highest BCUT2D eigenvalue weighted by Gasteiger charge is 2.49. The highest BCUT2D eigenvalue weighted by molar-refractivity contribution is 6.72. The van der Waals surface area contributed by atoms with Crippen LogP contribution in [0.3, 0.4) is 0 Å². The van der Waals surface area contributed by atoms with E-state index in [4.69, 9.17) is 9.47 Å². The van der Waals surface area contributed by atoms with Crippen LogP contribution in [0.5, 0.6) is 5.75 Å². The van der Waals surface area contributed by atoms with E-state index in [1.165, 1.54) is 6.92 Å². The SMILES string of the molecule is CO[C@H]1c2cc(NC(=O)[C@H](C)O)ccc2O[C@@H](C(CC(=O)N2Cc3ccccc3C[C@H]2CO)[Si](C)(C)F)[C@@H]1C. The molecule has 0 aliphatic carbocycles. The lowest BCUT2D eigenvalue weighted by Crippen LogP contribution is -2.50. The average Bonchev–Trinajstić information content (AvgIpc) is 2.90. The zero-order chi connectivity index (χ0) is 28.5. The van der Waals surface area contributed by atoms with Crippen LogP contribution in [0.1, 0.15) is 43.1 Å². The normalized spacial score (nSPS) is 24.2. The zero-order valence-electron chi connectivity index (χ0n) is 23.2. The monoisotopic (exact) mass is 558 g/mol. The Kier molecular flexibility index (Phi) is 8.80. The molecule has 2 aliphatic rings. The summed E-state index contributed by atoms with van der Waals surface area (Å²) >= 11 is 0. The van der Waals surface area contributed by atoms with E-state index < -0.39 is 38.2 Å². The summed E-state index contributed by atoms with van der Waals surface area (Å²) < 4.78 is 28.2. The highest BCUT2D eigenvalue weighted by Crippen LogP contribution is 2.48. The van der Waals surface area contributed by atoms with E-state index >= 15 is 4.11 Å². The number of hydrogen-bond donors (Lipinski definition) is 3. The van der Waals surface area contributed by atoms with Crippen LogP contribution in [0, 0.1) is 5.92 Å². The maximum Gasteiger partial charge on any atom is 0.252 e. The fraction of sp³-hybridized carbons (Fsp3) is 0.517. The van der Waals surface area contributed by atoms with Gasteiger partial charge in [0.2, 0.25) is 14.3 Å². The van der Waals surface area contributed by atoms with Gasteiger partial charge in [0, 0.05) is 42.8 Å². The first-order valence-corrected chi connectivity index (χ1v) is 16.4. The third-order valence-electron chi connectivity index (χ3n) is 8.04. The molecule has 212 valence electrons. The van der Waals surface area contributed by atoms with E-state index in [0.29, 0.717) is 30.0 Å². The maximum absolute atomic E-state index is 16.0. The molecule has 2 amide bonds. The third kappa shape index (κ3) is 6.19. The molecule has 2 aliphatic heterocycles. The van der Waals surface area contributed by atoms with Crippen LogP contribution in [-0.2, 0) is 27.3 Å². The molecule has 0 saturated heterocycles. The number of ether oxygens (including phenoxy) is 2. The lowest BCUT2D eigenvalue weighted by Gasteiger charge is -2.44. The molecule has 6 atom stereocenters. The number of aliphatic hydroxyl groups is 2. The standard InChI is InChI=1S/C29H39FN2O6Si/c1-17-27(37-3)23-13-21(31-29(36)18(2)34)10-11-24(23)38-28(17)25(39(4,5)30)14-26(35)32-15-20-9-7-6-8-19(20)12-22(32)16-33/h6-11,13,17-18,22,25,27-28,33-34H,12,14-16H2,1-5H3,(H,31,36)/t17-,18+,22+,25?,27-,28-/m1/s1. The minimum atomic E-state index is -3.43. The molecule has 0 fully saturated rings. The Hall–Kier alpha value is -2.79. The van der Waals surface area contributed by atoms with E-state index in [1.54, 1.807) is 43.3 Å². The lowest BCUT2D eigenvalue weighted by atomic mass is 9.86. The number of hydrogen-bond acceptors (Lipinski definition) is 6. The molecule has 0 radical (unpaired) electrons. The number of nitrogens with one attached hydrogen (secondary N) is 1. The van der Waals surface area contributed by atoms with Crippen molar-refractivity contribution in [3.63, 3.8) is 0 Å². The Balaban J connectivity index is 1.60. The number of halogens is 1. The summed E-state index contributed by atoms with van der Waals surface area (Å²) in [5.74, 6) is -0.507. The molecule has 2 heterocycles. The molecule has 2 aromatic carbocycles. The van der Waals surface area contributed by atoms with Gasteiger partial charge in [-0.1, -0.05) is 31.2 Å². The van der Waals surface area contributed by atoms with Crippen LogP contribution in [0.15, 0.2) is 42.5 Å². The number of carbonyl (C=O) groups is 2. The summed E-state index contributed by atoms with van der Waals surface area (Å²) in [6, 6.07) is 12.6. The second-order valence-electron chi connectivity index (χ2n) is 11.2. The van der Waals surface area contributed by atoms with Crippen molar-refractivity contribution < 1.29 is 33.4 Å². The molecule has 0 saturated carbocycles. The van der Waals surface area contributed by atoms with Crippen LogP contribution in [0.2, 0.25) is 18.6 Å². The molecular weight excluding hydrogens is 519 g/mol. The minimum Gasteiger partial charge on any atom is -0.490 e. The fourth-order valence-corrected chi connectivity index (χ4v) is 7.61. The number of fused-ring (bicyclic) bond motifs is 2. The van der Waals surface area contributed by atoms with Crippen molar-refractivity contribution in [1.82, 2.24) is 4.90 Å². The topological polar surface area (TPSA) is 108 Å². The quantitative estimate of drug-likeness (QED) is 0.334. The number of amides is 2. The molecule has 8 nitrogen and oxygen atoms in total. The summed E-state index contributed by atoms with van der Waals surface area (Å²) in [6.45, 7) is 6.73. The highest BCUT2D eigenvalue weighted by atomic mass is 28.4. The fourth-order valence-electron chi connectivity index (χ4n) is 5.80. The first kappa shape index (κ1) is 29.2.